The Kier molecular flexibility index (Phi) is 4.62. The average Bonchev–Trinajstić information content (AvgIpc) is 2.33. The van der Waals surface area contributed by atoms with E-state index in [-0.39, 0.29) is 11.0 Å². The second-order valence-corrected chi connectivity index (χ2v) is 5.99. The Bertz CT molecular complexity index is 623. The third kappa shape index (κ3) is 3.34. The van der Waals surface area contributed by atoms with E-state index in [1.54, 1.807) is 0 Å². The van der Waals surface area contributed by atoms with E-state index in [9.17, 15) is 0 Å². The first-order valence-electron chi connectivity index (χ1n) is 5.34. The number of ether oxygens (including phenoxy) is 1. The zero-order chi connectivity index (χ0) is 14.2. The van der Waals surface area contributed by atoms with Gasteiger partial charge in [-0.2, -0.15) is 4.98 Å². The Morgan fingerprint density at radius 2 is 1.58 bits per heavy atom. The monoisotopic (exact) mass is 379 g/mol. The molecule has 0 fully saturated rings. The molecule has 0 saturated heterocycles. The number of nitrogens with zero attached hydrogens (tertiary/aromatic N) is 1. The van der Waals surface area contributed by atoms with Crippen molar-refractivity contribution in [3.05, 3.63) is 49.0 Å². The maximum Gasteiger partial charge on any atom is 0.239 e. The SMILES string of the molecule is Cc1cc(Oc2nc(Cl)c(Cl)cc2Cl)cc(C)c1Br. The highest BCUT2D eigenvalue weighted by molar-refractivity contribution is 9.10. The minimum Gasteiger partial charge on any atom is -0.437 e. The zero-order valence-electron chi connectivity index (χ0n) is 10.1. The first kappa shape index (κ1) is 14.9. The number of pyridine rings is 1. The van der Waals surface area contributed by atoms with Crippen molar-refractivity contribution in [2.24, 2.45) is 0 Å². The standard InChI is InChI=1S/C13H9BrCl3NO/c1-6-3-8(4-7(2)11(6)14)19-13-10(16)5-9(15)12(17)18-13/h3-5H,1-2H3. The molecule has 1 aromatic heterocycles. The lowest BCUT2D eigenvalue weighted by molar-refractivity contribution is 0.462. The first-order valence-corrected chi connectivity index (χ1v) is 7.27. The predicted octanol–water partition coefficient (Wildman–Crippen LogP) is 6.21. The van der Waals surface area contributed by atoms with Gasteiger partial charge in [0.2, 0.25) is 5.88 Å². The van der Waals surface area contributed by atoms with E-state index in [1.165, 1.54) is 6.07 Å². The average molecular weight is 381 g/mol. The number of hydrogen-bond donors (Lipinski definition) is 0. The lowest BCUT2D eigenvalue weighted by Crippen LogP contribution is -1.92. The molecule has 0 saturated carbocycles. The minimum atomic E-state index is 0.159. The fourth-order valence-electron chi connectivity index (χ4n) is 1.58. The van der Waals surface area contributed by atoms with E-state index < -0.39 is 0 Å². The van der Waals surface area contributed by atoms with Crippen LogP contribution in [0.3, 0.4) is 0 Å². The van der Waals surface area contributed by atoms with E-state index in [4.69, 9.17) is 39.5 Å². The van der Waals surface area contributed by atoms with Gasteiger partial charge in [-0.05, 0) is 43.2 Å². The van der Waals surface area contributed by atoms with E-state index in [0.29, 0.717) is 15.8 Å². The Labute approximate surface area is 134 Å². The van der Waals surface area contributed by atoms with Gasteiger partial charge in [0.05, 0.1) is 5.02 Å². The molecule has 1 heterocycles. The van der Waals surface area contributed by atoms with Crippen LogP contribution in [0.1, 0.15) is 11.1 Å². The number of halogens is 4. The normalized spacial score (nSPS) is 10.6. The Morgan fingerprint density at radius 3 is 2.16 bits per heavy atom. The molecule has 0 amide bonds. The Hall–Kier alpha value is -0.480. The molecule has 100 valence electrons. The zero-order valence-corrected chi connectivity index (χ0v) is 14.0. The van der Waals surface area contributed by atoms with Gasteiger partial charge in [0, 0.05) is 4.47 Å². The van der Waals surface area contributed by atoms with Crippen LogP contribution < -0.4 is 4.74 Å². The first-order chi connectivity index (χ1) is 8.88. The van der Waals surface area contributed by atoms with E-state index in [0.717, 1.165) is 15.6 Å². The van der Waals surface area contributed by atoms with Gasteiger partial charge in [-0.3, -0.25) is 0 Å². The van der Waals surface area contributed by atoms with Crippen LogP contribution in [-0.4, -0.2) is 4.98 Å². The van der Waals surface area contributed by atoms with Crippen LogP contribution in [0.2, 0.25) is 15.2 Å². The molecule has 19 heavy (non-hydrogen) atoms. The largest absolute Gasteiger partial charge is 0.437 e. The summed E-state index contributed by atoms with van der Waals surface area (Å²) in [7, 11) is 0. The van der Waals surface area contributed by atoms with Crippen LogP contribution in [0.15, 0.2) is 22.7 Å². The van der Waals surface area contributed by atoms with Gasteiger partial charge in [-0.25, -0.2) is 0 Å². The van der Waals surface area contributed by atoms with E-state index in [1.807, 2.05) is 26.0 Å². The van der Waals surface area contributed by atoms with Crippen molar-refractivity contribution in [3.63, 3.8) is 0 Å². The molecule has 0 spiro atoms. The van der Waals surface area contributed by atoms with Crippen LogP contribution in [0.25, 0.3) is 0 Å². The number of rotatable bonds is 2. The number of benzene rings is 1. The smallest absolute Gasteiger partial charge is 0.239 e. The fraction of sp³-hybridized carbons (Fsp3) is 0.154. The molecule has 0 aliphatic carbocycles. The third-order valence-corrected chi connectivity index (χ3v) is 4.67. The third-order valence-electron chi connectivity index (χ3n) is 2.48. The summed E-state index contributed by atoms with van der Waals surface area (Å²) >= 11 is 21.2. The number of aromatic nitrogens is 1. The van der Waals surface area contributed by atoms with Crippen molar-refractivity contribution in [1.29, 1.82) is 0 Å². The van der Waals surface area contributed by atoms with Gasteiger partial charge >= 0.3 is 0 Å². The number of hydrogen-bond acceptors (Lipinski definition) is 2. The van der Waals surface area contributed by atoms with Gasteiger partial charge in [0.15, 0.2) is 5.15 Å². The Morgan fingerprint density at radius 1 is 1.00 bits per heavy atom. The van der Waals surface area contributed by atoms with Crippen LogP contribution >= 0.6 is 50.7 Å². The molecule has 0 N–H and O–H groups in total. The maximum atomic E-state index is 6.02. The summed E-state index contributed by atoms with van der Waals surface area (Å²) in [6.07, 6.45) is 0. The molecule has 0 aliphatic heterocycles. The summed E-state index contributed by atoms with van der Waals surface area (Å²) < 4.78 is 6.70. The van der Waals surface area contributed by atoms with Crippen molar-refractivity contribution in [3.8, 4) is 11.6 Å². The summed E-state index contributed by atoms with van der Waals surface area (Å²) in [6, 6.07) is 5.28. The molecule has 0 atom stereocenters. The summed E-state index contributed by atoms with van der Waals surface area (Å²) in [5.41, 5.74) is 2.12. The second-order valence-electron chi connectivity index (χ2n) is 4.02. The van der Waals surface area contributed by atoms with Crippen molar-refractivity contribution < 1.29 is 4.74 Å². The highest BCUT2D eigenvalue weighted by Crippen LogP contribution is 2.35. The van der Waals surface area contributed by atoms with E-state index >= 15 is 0 Å². The molecule has 1 aromatic carbocycles. The number of aryl methyl sites for hydroxylation is 2. The summed E-state index contributed by atoms with van der Waals surface area (Å²) in [5, 5.41) is 0.765. The van der Waals surface area contributed by atoms with Crippen molar-refractivity contribution in [2.75, 3.05) is 0 Å². The molecule has 0 radical (unpaired) electrons. The summed E-state index contributed by atoms with van der Waals surface area (Å²) in [5.74, 6) is 0.878. The molecule has 0 aliphatic rings. The minimum absolute atomic E-state index is 0.159. The molecule has 6 heteroatoms. The van der Waals surface area contributed by atoms with Gasteiger partial charge in [0.1, 0.15) is 10.8 Å². The maximum absolute atomic E-state index is 6.02. The molecule has 2 aromatic rings. The highest BCUT2D eigenvalue weighted by Gasteiger charge is 2.11. The van der Waals surface area contributed by atoms with Crippen LogP contribution in [0, 0.1) is 13.8 Å². The van der Waals surface area contributed by atoms with Crippen LogP contribution in [0.4, 0.5) is 0 Å². The van der Waals surface area contributed by atoms with Gasteiger partial charge in [-0.15, -0.1) is 0 Å². The van der Waals surface area contributed by atoms with Crippen LogP contribution in [0.5, 0.6) is 11.6 Å². The lowest BCUT2D eigenvalue weighted by Gasteiger charge is -2.10. The highest BCUT2D eigenvalue weighted by atomic mass is 79.9. The van der Waals surface area contributed by atoms with Gasteiger partial charge in [0.25, 0.3) is 0 Å². The molecule has 0 bridgehead atoms. The summed E-state index contributed by atoms with van der Waals surface area (Å²) in [6.45, 7) is 3.96. The lowest BCUT2D eigenvalue weighted by atomic mass is 10.1. The fourth-order valence-corrected chi connectivity index (χ4v) is 2.33. The Balaban J connectivity index is 2.39. The molecule has 0 unspecified atom stereocenters. The quantitative estimate of drug-likeness (QED) is 0.577. The van der Waals surface area contributed by atoms with Gasteiger partial charge < -0.3 is 4.74 Å². The topological polar surface area (TPSA) is 22.1 Å². The van der Waals surface area contributed by atoms with Crippen molar-refractivity contribution in [1.82, 2.24) is 4.98 Å². The van der Waals surface area contributed by atoms with Crippen LogP contribution in [-0.2, 0) is 0 Å². The summed E-state index contributed by atoms with van der Waals surface area (Å²) in [4.78, 5) is 4.02. The van der Waals surface area contributed by atoms with Gasteiger partial charge in [-0.1, -0.05) is 50.7 Å². The molecular formula is C13H9BrCl3NO. The predicted molar refractivity (Wildman–Crippen MR) is 83.0 cm³/mol. The second kappa shape index (κ2) is 5.88. The van der Waals surface area contributed by atoms with Crippen molar-refractivity contribution >= 4 is 50.7 Å². The van der Waals surface area contributed by atoms with Crippen molar-refractivity contribution in [2.45, 2.75) is 13.8 Å². The molecular weight excluding hydrogens is 372 g/mol. The molecule has 2 rings (SSSR count). The van der Waals surface area contributed by atoms with E-state index in [2.05, 4.69) is 20.9 Å². The molecule has 2 nitrogen and oxygen atoms in total.